The topological polar surface area (TPSA) is 41.8 Å². The molecule has 0 fully saturated rings. The van der Waals surface area contributed by atoms with E-state index in [2.05, 4.69) is 17.0 Å². The molecule has 1 unspecified atom stereocenters. The predicted molar refractivity (Wildman–Crippen MR) is 79.2 cm³/mol. The number of aliphatic hydroxyl groups excluding tert-OH is 1. The van der Waals surface area contributed by atoms with Crippen molar-refractivity contribution in [2.45, 2.75) is 6.10 Å². The van der Waals surface area contributed by atoms with E-state index in [-0.39, 0.29) is 6.61 Å². The van der Waals surface area contributed by atoms with Crippen LogP contribution in [0.3, 0.4) is 0 Å². The standard InChI is InChI=1S/C17H15NO2/c19-17(16-10-5-2-6-11-16)12-7-13-20-18-14-15-8-3-1-4-9-15/h1-6,8-11,14,17,19H,13H2/b18-14+. The molecule has 0 spiro atoms. The summed E-state index contributed by atoms with van der Waals surface area (Å²) in [5.41, 5.74) is 1.73. The van der Waals surface area contributed by atoms with Crippen molar-refractivity contribution in [1.82, 2.24) is 0 Å². The van der Waals surface area contributed by atoms with Crippen LogP contribution in [0.25, 0.3) is 0 Å². The van der Waals surface area contributed by atoms with Crippen LogP contribution < -0.4 is 0 Å². The fourth-order valence-electron chi connectivity index (χ4n) is 1.56. The second kappa shape index (κ2) is 7.78. The molecule has 20 heavy (non-hydrogen) atoms. The molecule has 0 radical (unpaired) electrons. The third-order valence-corrected chi connectivity index (χ3v) is 2.57. The zero-order valence-corrected chi connectivity index (χ0v) is 10.9. The smallest absolute Gasteiger partial charge is 0.177 e. The molecule has 0 aliphatic rings. The van der Waals surface area contributed by atoms with E-state index in [1.807, 2.05) is 60.7 Å². The molecule has 2 aromatic carbocycles. The van der Waals surface area contributed by atoms with Crippen LogP contribution in [0.1, 0.15) is 17.2 Å². The monoisotopic (exact) mass is 265 g/mol. The lowest BCUT2D eigenvalue weighted by molar-refractivity contribution is 0.180. The molecule has 3 heteroatoms. The molecule has 2 aromatic rings. The summed E-state index contributed by atoms with van der Waals surface area (Å²) in [6.07, 6.45) is 0.827. The summed E-state index contributed by atoms with van der Waals surface area (Å²) in [5, 5.41) is 13.6. The average molecular weight is 265 g/mol. The van der Waals surface area contributed by atoms with Crippen LogP contribution in [0.2, 0.25) is 0 Å². The molecule has 0 saturated heterocycles. The molecule has 1 atom stereocenters. The summed E-state index contributed by atoms with van der Waals surface area (Å²) in [4.78, 5) is 5.01. The Labute approximate surface area is 118 Å². The van der Waals surface area contributed by atoms with Crippen molar-refractivity contribution in [3.8, 4) is 11.8 Å². The first-order valence-corrected chi connectivity index (χ1v) is 6.28. The van der Waals surface area contributed by atoms with Gasteiger partial charge in [-0.1, -0.05) is 77.7 Å². The Bertz CT molecular complexity index is 597. The van der Waals surface area contributed by atoms with Gasteiger partial charge >= 0.3 is 0 Å². The number of rotatable bonds is 4. The van der Waals surface area contributed by atoms with Gasteiger partial charge in [0.2, 0.25) is 0 Å². The van der Waals surface area contributed by atoms with Gasteiger partial charge in [-0.25, -0.2) is 0 Å². The van der Waals surface area contributed by atoms with Crippen LogP contribution >= 0.6 is 0 Å². The van der Waals surface area contributed by atoms with Crippen LogP contribution in [0, 0.1) is 11.8 Å². The van der Waals surface area contributed by atoms with Crippen LogP contribution in [0.5, 0.6) is 0 Å². The molecule has 1 N–H and O–H groups in total. The molecule has 0 aliphatic heterocycles. The lowest BCUT2D eigenvalue weighted by Gasteiger charge is -2.01. The molecular weight excluding hydrogens is 250 g/mol. The van der Waals surface area contributed by atoms with Gasteiger partial charge in [0.1, 0.15) is 6.10 Å². The largest absolute Gasteiger partial charge is 0.383 e. The Hall–Kier alpha value is -2.57. The zero-order chi connectivity index (χ0) is 14.0. The van der Waals surface area contributed by atoms with Gasteiger partial charge in [-0.15, -0.1) is 0 Å². The van der Waals surface area contributed by atoms with Gasteiger partial charge < -0.3 is 9.94 Å². The van der Waals surface area contributed by atoms with E-state index < -0.39 is 6.10 Å². The summed E-state index contributed by atoms with van der Waals surface area (Å²) < 4.78 is 0. The van der Waals surface area contributed by atoms with E-state index in [0.29, 0.717) is 0 Å². The Kier molecular flexibility index (Phi) is 5.39. The van der Waals surface area contributed by atoms with Gasteiger partial charge in [0.15, 0.2) is 6.61 Å². The molecule has 0 aliphatic carbocycles. The minimum absolute atomic E-state index is 0.146. The van der Waals surface area contributed by atoms with Crippen LogP contribution in [-0.4, -0.2) is 17.9 Å². The highest BCUT2D eigenvalue weighted by Crippen LogP contribution is 2.09. The fourth-order valence-corrected chi connectivity index (χ4v) is 1.56. The fraction of sp³-hybridized carbons (Fsp3) is 0.118. The van der Waals surface area contributed by atoms with E-state index in [4.69, 9.17) is 4.84 Å². The second-order valence-corrected chi connectivity index (χ2v) is 4.05. The summed E-state index contributed by atoms with van der Waals surface area (Å²) in [6.45, 7) is 0.146. The molecule has 0 bridgehead atoms. The van der Waals surface area contributed by atoms with Crippen molar-refractivity contribution in [2.24, 2.45) is 5.16 Å². The summed E-state index contributed by atoms with van der Waals surface area (Å²) in [5.74, 6) is 5.44. The average Bonchev–Trinajstić information content (AvgIpc) is 2.52. The van der Waals surface area contributed by atoms with Crippen molar-refractivity contribution in [3.63, 3.8) is 0 Å². The molecule has 100 valence electrons. The summed E-state index contributed by atoms with van der Waals surface area (Å²) >= 11 is 0. The molecule has 2 rings (SSSR count). The number of oxime groups is 1. The van der Waals surface area contributed by atoms with Crippen molar-refractivity contribution >= 4 is 6.21 Å². The van der Waals surface area contributed by atoms with Crippen LogP contribution in [0.15, 0.2) is 65.8 Å². The highest BCUT2D eigenvalue weighted by molar-refractivity contribution is 5.78. The van der Waals surface area contributed by atoms with Crippen LogP contribution in [-0.2, 0) is 4.84 Å². The Morgan fingerprint density at radius 2 is 1.70 bits per heavy atom. The minimum Gasteiger partial charge on any atom is -0.383 e. The number of hydrogen-bond acceptors (Lipinski definition) is 3. The summed E-state index contributed by atoms with van der Waals surface area (Å²) in [6, 6.07) is 18.9. The molecule has 0 saturated carbocycles. The van der Waals surface area contributed by atoms with E-state index in [1.54, 1.807) is 6.21 Å². The Balaban J connectivity index is 1.77. The number of nitrogens with zero attached hydrogens (tertiary/aromatic N) is 1. The maximum absolute atomic E-state index is 9.79. The number of hydrogen-bond donors (Lipinski definition) is 1. The third-order valence-electron chi connectivity index (χ3n) is 2.57. The van der Waals surface area contributed by atoms with Gasteiger partial charge in [-0.2, -0.15) is 0 Å². The summed E-state index contributed by atoms with van der Waals surface area (Å²) in [7, 11) is 0. The first-order chi connectivity index (χ1) is 9.86. The second-order valence-electron chi connectivity index (χ2n) is 4.05. The lowest BCUT2D eigenvalue weighted by Crippen LogP contribution is -1.93. The van der Waals surface area contributed by atoms with Crippen molar-refractivity contribution in [2.75, 3.05) is 6.61 Å². The minimum atomic E-state index is -0.794. The molecule has 3 nitrogen and oxygen atoms in total. The molecule has 0 amide bonds. The van der Waals surface area contributed by atoms with Crippen molar-refractivity contribution in [1.29, 1.82) is 0 Å². The van der Waals surface area contributed by atoms with Gasteiger partial charge in [0.25, 0.3) is 0 Å². The van der Waals surface area contributed by atoms with Crippen molar-refractivity contribution in [3.05, 3.63) is 71.8 Å². The Morgan fingerprint density at radius 3 is 2.40 bits per heavy atom. The predicted octanol–water partition coefficient (Wildman–Crippen LogP) is 2.77. The van der Waals surface area contributed by atoms with Gasteiger partial charge in [-0.05, 0) is 11.1 Å². The molecular formula is C17H15NO2. The molecule has 0 aromatic heterocycles. The van der Waals surface area contributed by atoms with E-state index >= 15 is 0 Å². The highest BCUT2D eigenvalue weighted by atomic mass is 16.6. The Morgan fingerprint density at radius 1 is 1.05 bits per heavy atom. The van der Waals surface area contributed by atoms with E-state index in [9.17, 15) is 5.11 Å². The van der Waals surface area contributed by atoms with E-state index in [1.165, 1.54) is 0 Å². The first kappa shape index (κ1) is 13.9. The third kappa shape index (κ3) is 4.60. The van der Waals surface area contributed by atoms with E-state index in [0.717, 1.165) is 11.1 Å². The maximum atomic E-state index is 9.79. The van der Waals surface area contributed by atoms with Gasteiger partial charge in [-0.3, -0.25) is 0 Å². The highest BCUT2D eigenvalue weighted by Gasteiger charge is 2.00. The number of benzene rings is 2. The van der Waals surface area contributed by atoms with Crippen molar-refractivity contribution < 1.29 is 9.94 Å². The SMILES string of the molecule is OC(C#CCO/N=C/c1ccccc1)c1ccccc1. The quantitative estimate of drug-likeness (QED) is 0.400. The number of aliphatic hydroxyl groups is 1. The lowest BCUT2D eigenvalue weighted by atomic mass is 10.1. The maximum Gasteiger partial charge on any atom is 0.177 e. The van der Waals surface area contributed by atoms with Gasteiger partial charge in [0.05, 0.1) is 6.21 Å². The zero-order valence-electron chi connectivity index (χ0n) is 10.9. The van der Waals surface area contributed by atoms with Gasteiger partial charge in [0, 0.05) is 0 Å². The normalized spacial score (nSPS) is 11.7. The first-order valence-electron chi connectivity index (χ1n) is 6.28. The van der Waals surface area contributed by atoms with Crippen LogP contribution in [0.4, 0.5) is 0 Å². The molecule has 0 heterocycles.